The molecule has 0 saturated carbocycles. The van der Waals surface area contributed by atoms with Crippen LogP contribution in [-0.4, -0.2) is 46.6 Å². The molecule has 2 N–H and O–H groups in total. The zero-order valence-corrected chi connectivity index (χ0v) is 15.8. The van der Waals surface area contributed by atoms with E-state index in [1.54, 1.807) is 45.0 Å². The van der Waals surface area contributed by atoms with Gasteiger partial charge in [0.15, 0.2) is 11.5 Å². The third kappa shape index (κ3) is 3.90. The van der Waals surface area contributed by atoms with Gasteiger partial charge in [0, 0.05) is 12.0 Å². The molecule has 6 heteroatoms. The van der Waals surface area contributed by atoms with Gasteiger partial charge in [-0.2, -0.15) is 0 Å². The summed E-state index contributed by atoms with van der Waals surface area (Å²) in [7, 11) is 0. The first-order valence-corrected chi connectivity index (χ1v) is 8.84. The molecule has 1 unspecified atom stereocenters. The molecule has 1 heterocycles. The zero-order valence-electron chi connectivity index (χ0n) is 15.8. The third-order valence-electron chi connectivity index (χ3n) is 4.23. The summed E-state index contributed by atoms with van der Waals surface area (Å²) in [5.41, 5.74) is 0.101. The van der Waals surface area contributed by atoms with Crippen LogP contribution in [0, 0.1) is 5.41 Å². The van der Waals surface area contributed by atoms with Gasteiger partial charge in [-0.15, -0.1) is 0 Å². The predicted molar refractivity (Wildman–Crippen MR) is 97.9 cm³/mol. The van der Waals surface area contributed by atoms with Crippen LogP contribution in [0.1, 0.15) is 45.7 Å². The number of ketones is 1. The van der Waals surface area contributed by atoms with Gasteiger partial charge in [0.1, 0.15) is 12.4 Å². The quantitative estimate of drug-likeness (QED) is 0.780. The Balaban J connectivity index is 2.52. The fraction of sp³-hybridized carbons (Fsp3) is 0.500. The molecule has 0 spiro atoms. The second-order valence-electron chi connectivity index (χ2n) is 7.39. The van der Waals surface area contributed by atoms with E-state index in [4.69, 9.17) is 9.84 Å². The van der Waals surface area contributed by atoms with E-state index in [9.17, 15) is 14.7 Å². The van der Waals surface area contributed by atoms with Gasteiger partial charge in [-0.1, -0.05) is 39.8 Å². The van der Waals surface area contributed by atoms with Gasteiger partial charge in [0.05, 0.1) is 18.2 Å². The summed E-state index contributed by atoms with van der Waals surface area (Å²) in [6.07, 6.45) is 0.702. The van der Waals surface area contributed by atoms with Gasteiger partial charge in [-0.05, 0) is 24.1 Å². The number of ether oxygens (including phenoxy) is 1. The van der Waals surface area contributed by atoms with Gasteiger partial charge in [0.2, 0.25) is 0 Å². The minimum Gasteiger partial charge on any atom is -0.503 e. The molecule has 0 fully saturated rings. The van der Waals surface area contributed by atoms with Crippen LogP contribution < -0.4 is 4.74 Å². The number of carbonyl (C=O) groups is 2. The first kappa shape index (κ1) is 20.0. The van der Waals surface area contributed by atoms with Crippen molar-refractivity contribution in [1.82, 2.24) is 4.90 Å². The number of benzene rings is 1. The molecule has 0 radical (unpaired) electrons. The Kier molecular flexibility index (Phi) is 6.08. The van der Waals surface area contributed by atoms with Crippen LogP contribution in [0.5, 0.6) is 5.75 Å². The number of nitrogens with zero attached hydrogens (tertiary/aromatic N) is 1. The normalized spacial score (nSPS) is 17.8. The summed E-state index contributed by atoms with van der Waals surface area (Å²) in [5.74, 6) is -0.709. The van der Waals surface area contributed by atoms with Crippen LogP contribution in [0.25, 0.3) is 0 Å². The standard InChI is InChI=1S/C20H27NO5/c1-5-9-21-16(13-7-6-8-14(12-13)26-11-10-22)15(17(23)19(21)25)18(24)20(2,3)4/h6-8,12,16,22-23H,5,9-11H2,1-4H3. The molecule has 0 aromatic heterocycles. The maximum Gasteiger partial charge on any atom is 0.290 e. The third-order valence-corrected chi connectivity index (χ3v) is 4.23. The van der Waals surface area contributed by atoms with Crippen LogP contribution in [-0.2, 0) is 9.59 Å². The number of carbonyl (C=O) groups excluding carboxylic acids is 2. The van der Waals surface area contributed by atoms with Gasteiger partial charge in [-0.3, -0.25) is 9.59 Å². The van der Waals surface area contributed by atoms with Crippen molar-refractivity contribution in [2.75, 3.05) is 19.8 Å². The average molecular weight is 361 g/mol. The number of aliphatic hydroxyl groups excluding tert-OH is 2. The number of rotatable bonds is 7. The lowest BCUT2D eigenvalue weighted by molar-refractivity contribution is -0.129. The van der Waals surface area contributed by atoms with Crippen molar-refractivity contribution in [2.24, 2.45) is 5.41 Å². The van der Waals surface area contributed by atoms with E-state index >= 15 is 0 Å². The molecule has 1 atom stereocenters. The predicted octanol–water partition coefficient (Wildman–Crippen LogP) is 2.78. The monoisotopic (exact) mass is 361 g/mol. The van der Waals surface area contributed by atoms with E-state index in [1.807, 2.05) is 6.92 Å². The second-order valence-corrected chi connectivity index (χ2v) is 7.39. The summed E-state index contributed by atoms with van der Waals surface area (Å²) in [4.78, 5) is 27.1. The van der Waals surface area contributed by atoms with E-state index in [2.05, 4.69) is 0 Å². The molecule has 2 rings (SSSR count). The second kappa shape index (κ2) is 7.91. The Morgan fingerprint density at radius 1 is 1.31 bits per heavy atom. The maximum absolute atomic E-state index is 13.0. The molecule has 1 aliphatic heterocycles. The molecule has 1 aliphatic rings. The fourth-order valence-corrected chi connectivity index (χ4v) is 3.05. The molecule has 0 bridgehead atoms. The molecule has 26 heavy (non-hydrogen) atoms. The van der Waals surface area contributed by atoms with Crippen LogP contribution in [0.4, 0.5) is 0 Å². The summed E-state index contributed by atoms with van der Waals surface area (Å²) in [5, 5.41) is 19.4. The lowest BCUT2D eigenvalue weighted by atomic mass is 9.82. The first-order valence-electron chi connectivity index (χ1n) is 8.84. The lowest BCUT2D eigenvalue weighted by Crippen LogP contribution is -2.33. The highest BCUT2D eigenvalue weighted by molar-refractivity contribution is 6.10. The Hall–Kier alpha value is -2.34. The molecule has 0 saturated heterocycles. The highest BCUT2D eigenvalue weighted by Crippen LogP contribution is 2.41. The van der Waals surface area contributed by atoms with Gasteiger partial charge >= 0.3 is 0 Å². The van der Waals surface area contributed by atoms with Gasteiger partial charge < -0.3 is 19.8 Å². The van der Waals surface area contributed by atoms with Crippen molar-refractivity contribution >= 4 is 11.7 Å². The van der Waals surface area contributed by atoms with Gasteiger partial charge in [0.25, 0.3) is 5.91 Å². The van der Waals surface area contributed by atoms with Crippen molar-refractivity contribution in [3.63, 3.8) is 0 Å². The Labute approximate surface area is 154 Å². The van der Waals surface area contributed by atoms with Crippen molar-refractivity contribution in [2.45, 2.75) is 40.2 Å². The summed E-state index contributed by atoms with van der Waals surface area (Å²) < 4.78 is 5.45. The van der Waals surface area contributed by atoms with Crippen LogP contribution in [0.3, 0.4) is 0 Å². The van der Waals surface area contributed by atoms with E-state index in [0.717, 1.165) is 0 Å². The number of aliphatic hydroxyl groups is 2. The Morgan fingerprint density at radius 2 is 2.00 bits per heavy atom. The van der Waals surface area contributed by atoms with Crippen LogP contribution in [0.2, 0.25) is 0 Å². The smallest absolute Gasteiger partial charge is 0.290 e. The SMILES string of the molecule is CCCN1C(=O)C(O)=C(C(=O)C(C)(C)C)C1c1cccc(OCCO)c1. The van der Waals surface area contributed by atoms with E-state index in [-0.39, 0.29) is 24.6 Å². The molecular formula is C20H27NO5. The number of Topliss-reactive ketones (excluding diaryl/α,β-unsaturated/α-hetero) is 1. The molecular weight excluding hydrogens is 334 g/mol. The van der Waals surface area contributed by atoms with Gasteiger partial charge in [-0.25, -0.2) is 0 Å². The number of hydrogen-bond acceptors (Lipinski definition) is 5. The van der Waals surface area contributed by atoms with Crippen molar-refractivity contribution < 1.29 is 24.5 Å². The topological polar surface area (TPSA) is 87.1 Å². The number of amides is 1. The fourth-order valence-electron chi connectivity index (χ4n) is 3.05. The van der Waals surface area contributed by atoms with E-state index in [1.165, 1.54) is 4.90 Å². The first-order chi connectivity index (χ1) is 12.2. The average Bonchev–Trinajstić information content (AvgIpc) is 2.84. The minimum atomic E-state index is -0.727. The molecule has 1 amide bonds. The molecule has 1 aromatic carbocycles. The Bertz CT molecular complexity index is 717. The van der Waals surface area contributed by atoms with E-state index < -0.39 is 23.1 Å². The molecule has 1 aromatic rings. The van der Waals surface area contributed by atoms with E-state index in [0.29, 0.717) is 24.3 Å². The van der Waals surface area contributed by atoms with Crippen LogP contribution in [0.15, 0.2) is 35.6 Å². The molecule has 6 nitrogen and oxygen atoms in total. The highest BCUT2D eigenvalue weighted by Gasteiger charge is 2.45. The summed E-state index contributed by atoms with van der Waals surface area (Å²) >= 11 is 0. The zero-order chi connectivity index (χ0) is 19.5. The van der Waals surface area contributed by atoms with Crippen molar-refractivity contribution in [3.05, 3.63) is 41.2 Å². The van der Waals surface area contributed by atoms with Crippen molar-refractivity contribution in [1.29, 1.82) is 0 Å². The maximum atomic E-state index is 13.0. The molecule has 0 aliphatic carbocycles. The molecule has 142 valence electrons. The number of hydrogen-bond donors (Lipinski definition) is 2. The highest BCUT2D eigenvalue weighted by atomic mass is 16.5. The summed E-state index contributed by atoms with van der Waals surface area (Å²) in [6.45, 7) is 7.70. The van der Waals surface area contributed by atoms with Crippen LogP contribution >= 0.6 is 0 Å². The summed E-state index contributed by atoms with van der Waals surface area (Å²) in [6, 6.07) is 6.41. The minimum absolute atomic E-state index is 0.109. The Morgan fingerprint density at radius 3 is 2.58 bits per heavy atom. The largest absolute Gasteiger partial charge is 0.503 e. The van der Waals surface area contributed by atoms with Crippen molar-refractivity contribution in [3.8, 4) is 5.75 Å². The lowest BCUT2D eigenvalue weighted by Gasteiger charge is -2.28.